The molecule has 1 fully saturated rings. The first kappa shape index (κ1) is 15.5. The maximum atomic E-state index is 13.0. The van der Waals surface area contributed by atoms with Gasteiger partial charge in [0, 0.05) is 17.8 Å². The van der Waals surface area contributed by atoms with Crippen LogP contribution < -0.4 is 10.2 Å². The zero-order chi connectivity index (χ0) is 15.8. The Balaban J connectivity index is 2.20. The maximum absolute atomic E-state index is 13.0. The lowest BCUT2D eigenvalue weighted by Gasteiger charge is -2.28. The second-order valence-electron chi connectivity index (χ2n) is 6.72. The molecule has 1 saturated heterocycles. The van der Waals surface area contributed by atoms with Gasteiger partial charge in [-0.25, -0.2) is 4.39 Å². The third kappa shape index (κ3) is 3.06. The Labute approximate surface area is 124 Å². The molecule has 0 unspecified atom stereocenters. The highest BCUT2D eigenvalue weighted by Gasteiger charge is 2.49. The molecule has 0 spiro atoms. The first-order valence-electron chi connectivity index (χ1n) is 7.04. The molecule has 2 rings (SSSR count). The second kappa shape index (κ2) is 5.13. The molecule has 0 bridgehead atoms. The average Bonchev–Trinajstić information content (AvgIpc) is 2.67. The first-order chi connectivity index (χ1) is 9.63. The number of halogens is 1. The minimum Gasteiger partial charge on any atom is -0.351 e. The maximum Gasteiger partial charge on any atom is 0.242 e. The Morgan fingerprint density at radius 2 is 1.86 bits per heavy atom. The summed E-state index contributed by atoms with van der Waals surface area (Å²) < 4.78 is 13.0. The van der Waals surface area contributed by atoms with Crippen LogP contribution in [0.4, 0.5) is 10.1 Å². The lowest BCUT2D eigenvalue weighted by atomic mass is 9.86. The quantitative estimate of drug-likeness (QED) is 0.851. The molecular weight excluding hydrogens is 271 g/mol. The van der Waals surface area contributed by atoms with Crippen molar-refractivity contribution in [2.75, 3.05) is 11.4 Å². The third-order valence-electron chi connectivity index (χ3n) is 3.68. The van der Waals surface area contributed by atoms with E-state index in [-0.39, 0.29) is 23.2 Å². The van der Waals surface area contributed by atoms with Gasteiger partial charge in [-0.3, -0.25) is 9.59 Å². The van der Waals surface area contributed by atoms with Gasteiger partial charge >= 0.3 is 0 Å². The number of carbonyl (C=O) groups is 2. The zero-order valence-electron chi connectivity index (χ0n) is 12.9. The van der Waals surface area contributed by atoms with Crippen LogP contribution in [0.5, 0.6) is 0 Å². The van der Waals surface area contributed by atoms with Crippen molar-refractivity contribution >= 4 is 17.5 Å². The number of nitrogens with one attached hydrogen (secondary N) is 1. The van der Waals surface area contributed by atoms with E-state index < -0.39 is 5.41 Å². The molecule has 1 N–H and O–H groups in total. The highest BCUT2D eigenvalue weighted by atomic mass is 19.1. The van der Waals surface area contributed by atoms with E-state index in [2.05, 4.69) is 5.32 Å². The number of hydrogen-bond acceptors (Lipinski definition) is 2. The van der Waals surface area contributed by atoms with Gasteiger partial charge in [-0.05, 0) is 58.4 Å². The third-order valence-corrected chi connectivity index (χ3v) is 3.68. The SMILES string of the molecule is CC(C)(C)NC(=O)[C@]1(C)CCN(c2ccc(F)cc2)C1=O. The summed E-state index contributed by atoms with van der Waals surface area (Å²) in [5.41, 5.74) is -0.834. The number of nitrogens with zero attached hydrogens (tertiary/aromatic N) is 1. The molecule has 1 heterocycles. The van der Waals surface area contributed by atoms with E-state index in [0.717, 1.165) is 0 Å². The summed E-state index contributed by atoms with van der Waals surface area (Å²) in [4.78, 5) is 26.6. The van der Waals surface area contributed by atoms with Crippen molar-refractivity contribution in [3.05, 3.63) is 30.1 Å². The van der Waals surface area contributed by atoms with Crippen LogP contribution >= 0.6 is 0 Å². The molecule has 1 aromatic rings. The van der Waals surface area contributed by atoms with Gasteiger partial charge in [0.2, 0.25) is 11.8 Å². The molecule has 0 aromatic heterocycles. The second-order valence-corrected chi connectivity index (χ2v) is 6.72. The van der Waals surface area contributed by atoms with Crippen molar-refractivity contribution in [2.24, 2.45) is 5.41 Å². The molecule has 4 nitrogen and oxygen atoms in total. The van der Waals surface area contributed by atoms with E-state index >= 15 is 0 Å². The molecule has 1 atom stereocenters. The topological polar surface area (TPSA) is 49.4 Å². The van der Waals surface area contributed by atoms with E-state index in [1.165, 1.54) is 12.1 Å². The van der Waals surface area contributed by atoms with Gasteiger partial charge in [0.15, 0.2) is 0 Å². The van der Waals surface area contributed by atoms with Crippen molar-refractivity contribution in [3.8, 4) is 0 Å². The van der Waals surface area contributed by atoms with Crippen LogP contribution in [0, 0.1) is 11.2 Å². The fraction of sp³-hybridized carbons (Fsp3) is 0.500. The Morgan fingerprint density at radius 3 is 2.38 bits per heavy atom. The van der Waals surface area contributed by atoms with Crippen molar-refractivity contribution in [1.29, 1.82) is 0 Å². The molecule has 2 amide bonds. The van der Waals surface area contributed by atoms with Gasteiger partial charge in [0.1, 0.15) is 11.2 Å². The number of hydrogen-bond donors (Lipinski definition) is 1. The molecule has 21 heavy (non-hydrogen) atoms. The lowest BCUT2D eigenvalue weighted by molar-refractivity contribution is -0.139. The number of anilines is 1. The summed E-state index contributed by atoms with van der Waals surface area (Å²) in [7, 11) is 0. The minimum atomic E-state index is -1.07. The lowest BCUT2D eigenvalue weighted by Crippen LogP contribution is -2.51. The summed E-state index contributed by atoms with van der Waals surface area (Å²) in [5, 5.41) is 2.87. The fourth-order valence-corrected chi connectivity index (χ4v) is 2.40. The smallest absolute Gasteiger partial charge is 0.242 e. The predicted octanol–water partition coefficient (Wildman–Crippen LogP) is 2.48. The first-order valence-corrected chi connectivity index (χ1v) is 7.04. The monoisotopic (exact) mass is 292 g/mol. The van der Waals surface area contributed by atoms with Gasteiger partial charge in [-0.1, -0.05) is 0 Å². The normalized spacial score (nSPS) is 22.5. The fourth-order valence-electron chi connectivity index (χ4n) is 2.40. The Kier molecular flexibility index (Phi) is 3.78. The van der Waals surface area contributed by atoms with Gasteiger partial charge < -0.3 is 10.2 Å². The van der Waals surface area contributed by atoms with Crippen LogP contribution in [0.3, 0.4) is 0 Å². The van der Waals surface area contributed by atoms with Crippen molar-refractivity contribution < 1.29 is 14.0 Å². The number of rotatable bonds is 2. The van der Waals surface area contributed by atoms with Gasteiger partial charge in [-0.2, -0.15) is 0 Å². The molecule has 1 aliphatic rings. The van der Waals surface area contributed by atoms with Gasteiger partial charge in [0.25, 0.3) is 0 Å². The standard InChI is InChI=1S/C16H21FN2O2/c1-15(2,3)18-13(20)16(4)9-10-19(14(16)21)12-7-5-11(17)6-8-12/h5-8H,9-10H2,1-4H3,(H,18,20)/t16-/m0/s1. The highest BCUT2D eigenvalue weighted by Crippen LogP contribution is 2.35. The van der Waals surface area contributed by atoms with E-state index in [9.17, 15) is 14.0 Å². The van der Waals surface area contributed by atoms with Crippen molar-refractivity contribution in [2.45, 2.75) is 39.7 Å². The van der Waals surface area contributed by atoms with Crippen LogP contribution in [0.2, 0.25) is 0 Å². The number of benzene rings is 1. The van der Waals surface area contributed by atoms with Gasteiger partial charge in [0.05, 0.1) is 0 Å². The van der Waals surface area contributed by atoms with Crippen molar-refractivity contribution in [1.82, 2.24) is 5.32 Å². The molecule has 0 saturated carbocycles. The molecule has 1 aromatic carbocycles. The summed E-state index contributed by atoms with van der Waals surface area (Å²) in [6.45, 7) is 7.76. The van der Waals surface area contributed by atoms with Crippen LogP contribution in [-0.2, 0) is 9.59 Å². The summed E-state index contributed by atoms with van der Waals surface area (Å²) in [6.07, 6.45) is 0.450. The number of carbonyl (C=O) groups excluding carboxylic acids is 2. The Bertz CT molecular complexity index is 563. The Hall–Kier alpha value is -1.91. The van der Waals surface area contributed by atoms with E-state index in [0.29, 0.717) is 18.7 Å². The molecule has 0 radical (unpaired) electrons. The minimum absolute atomic E-state index is 0.240. The molecule has 114 valence electrons. The summed E-state index contributed by atoms with van der Waals surface area (Å²) >= 11 is 0. The van der Waals surface area contributed by atoms with Crippen LogP contribution in [0.15, 0.2) is 24.3 Å². The number of amides is 2. The highest BCUT2D eigenvalue weighted by molar-refractivity contribution is 6.13. The van der Waals surface area contributed by atoms with Crippen LogP contribution in [-0.4, -0.2) is 23.9 Å². The Morgan fingerprint density at radius 1 is 1.29 bits per heavy atom. The molecular formula is C16H21FN2O2. The van der Waals surface area contributed by atoms with E-state index in [4.69, 9.17) is 0 Å². The zero-order valence-corrected chi connectivity index (χ0v) is 12.9. The van der Waals surface area contributed by atoms with Gasteiger partial charge in [-0.15, -0.1) is 0 Å². The predicted molar refractivity (Wildman–Crippen MR) is 79.4 cm³/mol. The van der Waals surface area contributed by atoms with E-state index in [1.54, 1.807) is 24.0 Å². The summed E-state index contributed by atoms with van der Waals surface area (Å²) in [6, 6.07) is 5.74. The molecule has 1 aliphatic heterocycles. The largest absolute Gasteiger partial charge is 0.351 e. The molecule has 0 aliphatic carbocycles. The van der Waals surface area contributed by atoms with E-state index in [1.807, 2.05) is 20.8 Å². The van der Waals surface area contributed by atoms with Crippen molar-refractivity contribution in [3.63, 3.8) is 0 Å². The van der Waals surface area contributed by atoms with Crippen LogP contribution in [0.25, 0.3) is 0 Å². The van der Waals surface area contributed by atoms with Crippen LogP contribution in [0.1, 0.15) is 34.1 Å². The molecule has 5 heteroatoms. The summed E-state index contributed by atoms with van der Waals surface area (Å²) in [5.74, 6) is -0.848. The average molecular weight is 292 g/mol.